The number of benzene rings is 1. The molecule has 4 heteroatoms. The van der Waals surface area contributed by atoms with Crippen molar-refractivity contribution in [3.8, 4) is 22.9 Å². The van der Waals surface area contributed by atoms with Crippen molar-refractivity contribution < 1.29 is 0 Å². The molecule has 0 amide bonds. The van der Waals surface area contributed by atoms with Crippen LogP contribution in [0.2, 0.25) is 39.3 Å². The lowest BCUT2D eigenvalue weighted by Crippen LogP contribution is -2.16. The van der Waals surface area contributed by atoms with Crippen LogP contribution in [0.3, 0.4) is 0 Å². The van der Waals surface area contributed by atoms with Gasteiger partial charge >= 0.3 is 0 Å². The van der Waals surface area contributed by atoms with Gasteiger partial charge in [0.05, 0.1) is 20.5 Å². The molecule has 122 valence electrons. The fourth-order valence-corrected chi connectivity index (χ4v) is 5.22. The summed E-state index contributed by atoms with van der Waals surface area (Å²) in [5.41, 5.74) is 9.51. The molecule has 0 N–H and O–H groups in total. The Bertz CT molecular complexity index is 900. The van der Waals surface area contributed by atoms with Crippen LogP contribution in [0.5, 0.6) is 0 Å². The van der Waals surface area contributed by atoms with Crippen LogP contribution in [0.25, 0.3) is 20.2 Å². The third-order valence-electron chi connectivity index (χ3n) is 3.45. The Hall–Kier alpha value is -1.31. The Morgan fingerprint density at radius 3 is 1.38 bits per heavy atom. The monoisotopic (exact) mass is 382 g/mol. The normalized spacial score (nSPS) is 11.9. The molecular weight excluding hydrogens is 361 g/mol. The highest BCUT2D eigenvalue weighted by molar-refractivity contribution is 7.19. The van der Waals surface area contributed by atoms with Gasteiger partial charge in [0.2, 0.25) is 0 Å². The molecule has 0 aliphatic carbocycles. The first-order chi connectivity index (χ1) is 11.2. The highest BCUT2D eigenvalue weighted by Gasteiger charge is 2.16. The molecule has 0 saturated heterocycles. The molecule has 0 bridgehead atoms. The Labute approximate surface area is 154 Å². The average Bonchev–Trinajstić information content (AvgIpc) is 3.08. The van der Waals surface area contributed by atoms with E-state index in [1.54, 1.807) is 22.7 Å². The van der Waals surface area contributed by atoms with Gasteiger partial charge in [-0.2, -0.15) is 0 Å². The van der Waals surface area contributed by atoms with Crippen LogP contribution in [0.15, 0.2) is 22.9 Å². The highest BCUT2D eigenvalue weighted by Crippen LogP contribution is 2.38. The van der Waals surface area contributed by atoms with E-state index < -0.39 is 16.1 Å². The topological polar surface area (TPSA) is 0 Å². The van der Waals surface area contributed by atoms with Crippen molar-refractivity contribution in [2.24, 2.45) is 0 Å². The van der Waals surface area contributed by atoms with Crippen LogP contribution in [0.1, 0.15) is 11.1 Å². The zero-order valence-electron chi connectivity index (χ0n) is 15.1. The molecule has 0 unspecified atom stereocenters. The highest BCUT2D eigenvalue weighted by atomic mass is 32.1. The molecule has 0 aliphatic heterocycles. The van der Waals surface area contributed by atoms with Crippen LogP contribution in [0.4, 0.5) is 0 Å². The van der Waals surface area contributed by atoms with Crippen molar-refractivity contribution >= 4 is 59.0 Å². The first kappa shape index (κ1) is 17.5. The van der Waals surface area contributed by atoms with Crippen LogP contribution >= 0.6 is 22.7 Å². The maximum absolute atomic E-state index is 3.55. The minimum Gasteiger partial charge on any atom is -0.142 e. The van der Waals surface area contributed by atoms with E-state index in [9.17, 15) is 0 Å². The second-order valence-corrected chi connectivity index (χ2v) is 19.4. The third-order valence-corrected chi connectivity index (χ3v) is 7.06. The van der Waals surface area contributed by atoms with Crippen LogP contribution in [-0.4, -0.2) is 16.1 Å². The standard InChI is InChI=1S/C20H22S2Si2/c1-23(2,3)13-9-17-15-7-11-22-20(15)18(10-14-24(4,5)6)16-8-12-21-19(16)17/h7-8,11-12H,1-6H3. The minimum absolute atomic E-state index is 1.21. The molecule has 0 atom stereocenters. The summed E-state index contributed by atoms with van der Waals surface area (Å²) in [7, 11) is -2.81. The molecule has 0 aliphatic rings. The lowest BCUT2D eigenvalue weighted by molar-refractivity contribution is 1.80. The van der Waals surface area contributed by atoms with E-state index >= 15 is 0 Å². The van der Waals surface area contributed by atoms with Crippen LogP contribution in [0, 0.1) is 22.9 Å². The van der Waals surface area contributed by atoms with Crippen molar-refractivity contribution in [1.82, 2.24) is 0 Å². The summed E-state index contributed by atoms with van der Waals surface area (Å²) >= 11 is 3.58. The number of rotatable bonds is 0. The average molecular weight is 383 g/mol. The van der Waals surface area contributed by atoms with Gasteiger partial charge in [-0.05, 0) is 22.9 Å². The summed E-state index contributed by atoms with van der Waals surface area (Å²) in [6.45, 7) is 13.8. The van der Waals surface area contributed by atoms with Crippen molar-refractivity contribution in [3.05, 3.63) is 34.0 Å². The fraction of sp³-hybridized carbons (Fsp3) is 0.300. The van der Waals surface area contributed by atoms with Gasteiger partial charge in [-0.1, -0.05) is 51.1 Å². The van der Waals surface area contributed by atoms with E-state index in [0.29, 0.717) is 0 Å². The lowest BCUT2D eigenvalue weighted by atomic mass is 10.0. The van der Waals surface area contributed by atoms with Gasteiger partial charge in [0.25, 0.3) is 0 Å². The maximum atomic E-state index is 3.55. The smallest absolute Gasteiger partial charge is 0.129 e. The minimum atomic E-state index is -1.40. The van der Waals surface area contributed by atoms with Crippen LogP contribution in [-0.2, 0) is 0 Å². The molecule has 3 rings (SSSR count). The molecule has 0 fully saturated rings. The van der Waals surface area contributed by atoms with Gasteiger partial charge in [0, 0.05) is 10.8 Å². The lowest BCUT2D eigenvalue weighted by Gasteiger charge is -2.07. The molecule has 1 aromatic carbocycles. The molecule has 0 radical (unpaired) electrons. The van der Waals surface area contributed by atoms with E-state index in [2.05, 4.69) is 85.1 Å². The number of thiophene rings is 2. The van der Waals surface area contributed by atoms with E-state index in [-0.39, 0.29) is 0 Å². The predicted octanol–water partition coefficient (Wildman–Crippen LogP) is 6.57. The zero-order valence-corrected chi connectivity index (χ0v) is 18.8. The van der Waals surface area contributed by atoms with Gasteiger partial charge in [0.15, 0.2) is 0 Å². The van der Waals surface area contributed by atoms with E-state index in [1.807, 2.05) is 0 Å². The molecule has 2 aromatic heterocycles. The van der Waals surface area contributed by atoms with Gasteiger partial charge in [-0.3, -0.25) is 0 Å². The number of hydrogen-bond donors (Lipinski definition) is 0. The number of hydrogen-bond acceptors (Lipinski definition) is 2. The van der Waals surface area contributed by atoms with Gasteiger partial charge in [-0.25, -0.2) is 0 Å². The molecule has 0 nitrogen and oxygen atoms in total. The second-order valence-electron chi connectivity index (χ2n) is 8.08. The van der Waals surface area contributed by atoms with Crippen molar-refractivity contribution in [2.45, 2.75) is 39.3 Å². The van der Waals surface area contributed by atoms with Crippen LogP contribution < -0.4 is 0 Å². The third kappa shape index (κ3) is 3.68. The summed E-state index contributed by atoms with van der Waals surface area (Å²) in [6, 6.07) is 4.43. The van der Waals surface area contributed by atoms with E-state index in [0.717, 1.165) is 0 Å². The first-order valence-electron chi connectivity index (χ1n) is 8.12. The SMILES string of the molecule is C[Si](C)(C)C#Cc1c2ccsc2c(C#C[Si](C)(C)C)c2ccsc12. The Morgan fingerprint density at radius 1 is 0.667 bits per heavy atom. The van der Waals surface area contributed by atoms with E-state index in [1.165, 1.54) is 31.3 Å². The fourth-order valence-electron chi connectivity index (χ4n) is 2.39. The maximum Gasteiger partial charge on any atom is 0.129 e. The van der Waals surface area contributed by atoms with Gasteiger partial charge in [0.1, 0.15) is 16.1 Å². The van der Waals surface area contributed by atoms with Crippen molar-refractivity contribution in [2.75, 3.05) is 0 Å². The largest absolute Gasteiger partial charge is 0.142 e. The van der Waals surface area contributed by atoms with Crippen molar-refractivity contribution in [1.29, 1.82) is 0 Å². The van der Waals surface area contributed by atoms with Gasteiger partial charge < -0.3 is 0 Å². The molecule has 0 spiro atoms. The second kappa shape index (κ2) is 6.20. The Balaban J connectivity index is 2.36. The summed E-state index contributed by atoms with van der Waals surface area (Å²) in [4.78, 5) is 0. The summed E-state index contributed by atoms with van der Waals surface area (Å²) in [6.07, 6.45) is 0. The zero-order chi connectivity index (χ0) is 17.5. The van der Waals surface area contributed by atoms with Gasteiger partial charge in [-0.15, -0.1) is 33.8 Å². The van der Waals surface area contributed by atoms with E-state index in [4.69, 9.17) is 0 Å². The first-order valence-corrected chi connectivity index (χ1v) is 16.9. The molecular formula is C20H22S2Si2. The molecule has 24 heavy (non-hydrogen) atoms. The summed E-state index contributed by atoms with van der Waals surface area (Å²) in [5.74, 6) is 7.06. The quantitative estimate of drug-likeness (QED) is 0.304. The summed E-state index contributed by atoms with van der Waals surface area (Å²) in [5, 5.41) is 6.91. The van der Waals surface area contributed by atoms with Crippen molar-refractivity contribution in [3.63, 3.8) is 0 Å². The Kier molecular flexibility index (Phi) is 4.53. The summed E-state index contributed by atoms with van der Waals surface area (Å²) < 4.78 is 2.60. The molecule has 3 aromatic rings. The molecule has 2 heterocycles. The number of fused-ring (bicyclic) bond motifs is 2. The molecule has 0 saturated carbocycles. The Morgan fingerprint density at radius 2 is 1.04 bits per heavy atom. The predicted molar refractivity (Wildman–Crippen MR) is 118 cm³/mol.